The van der Waals surface area contributed by atoms with E-state index >= 15 is 0 Å². The Kier molecular flexibility index (Phi) is 3.66. The maximum Gasteiger partial charge on any atom is 0.258 e. The van der Waals surface area contributed by atoms with E-state index in [9.17, 15) is 9.59 Å². The summed E-state index contributed by atoms with van der Waals surface area (Å²) in [7, 11) is 3.24. The number of rotatable bonds is 3. The van der Waals surface area contributed by atoms with Crippen LogP contribution in [0, 0.1) is 0 Å². The molecule has 0 spiro atoms. The molecule has 1 heterocycles. The van der Waals surface area contributed by atoms with Crippen LogP contribution < -0.4 is 15.2 Å². The van der Waals surface area contributed by atoms with Crippen molar-refractivity contribution in [1.82, 2.24) is 4.98 Å². The molecule has 0 aliphatic carbocycles. The predicted octanol–water partition coefficient (Wildman–Crippen LogP) is 1.66. The van der Waals surface area contributed by atoms with Gasteiger partial charge < -0.3 is 14.6 Å². The molecule has 5 nitrogen and oxygen atoms in total. The summed E-state index contributed by atoms with van der Waals surface area (Å²) in [6, 6.07) is 9.97. The Morgan fingerprint density at radius 2 is 1.89 bits per heavy atom. The van der Waals surface area contributed by atoms with Crippen molar-refractivity contribution in [1.29, 1.82) is 0 Å². The van der Waals surface area contributed by atoms with Crippen LogP contribution in [-0.2, 0) is 0 Å². The first-order valence-electron chi connectivity index (χ1n) is 5.72. The van der Waals surface area contributed by atoms with Gasteiger partial charge in [0.2, 0.25) is 5.56 Å². The van der Waals surface area contributed by atoms with Gasteiger partial charge in [-0.25, -0.2) is 0 Å². The van der Waals surface area contributed by atoms with E-state index in [1.165, 1.54) is 17.2 Å². The van der Waals surface area contributed by atoms with Crippen LogP contribution in [0.15, 0.2) is 47.4 Å². The van der Waals surface area contributed by atoms with Crippen LogP contribution in [0.1, 0.15) is 10.4 Å². The molecule has 0 saturated heterocycles. The second-order valence-electron chi connectivity index (χ2n) is 4.00. The summed E-state index contributed by atoms with van der Waals surface area (Å²) in [6.07, 6.45) is 1.46. The molecule has 0 aliphatic rings. The third-order valence-electron chi connectivity index (χ3n) is 2.79. The Morgan fingerprint density at radius 3 is 2.47 bits per heavy atom. The molecule has 0 radical (unpaired) electrons. The zero-order chi connectivity index (χ0) is 13.8. The van der Waals surface area contributed by atoms with Gasteiger partial charge in [-0.15, -0.1) is 0 Å². The maximum absolute atomic E-state index is 12.2. The summed E-state index contributed by atoms with van der Waals surface area (Å²) in [5, 5.41) is 0. The van der Waals surface area contributed by atoms with Crippen LogP contribution in [0.4, 0.5) is 5.69 Å². The van der Waals surface area contributed by atoms with Gasteiger partial charge in [-0.3, -0.25) is 9.59 Å². The molecule has 0 bridgehead atoms. The predicted molar refractivity (Wildman–Crippen MR) is 72.8 cm³/mol. The average molecular weight is 258 g/mol. The fraction of sp³-hybridized carbons (Fsp3) is 0.143. The van der Waals surface area contributed by atoms with E-state index in [1.807, 2.05) is 0 Å². The molecule has 1 N–H and O–H groups in total. The molecule has 5 heteroatoms. The Balaban J connectivity index is 2.25. The van der Waals surface area contributed by atoms with Crippen LogP contribution in [0.5, 0.6) is 5.75 Å². The number of H-pyrrole nitrogens is 1. The van der Waals surface area contributed by atoms with Crippen molar-refractivity contribution in [2.24, 2.45) is 0 Å². The highest BCUT2D eigenvalue weighted by Gasteiger charge is 2.13. The first kappa shape index (κ1) is 12.9. The second-order valence-corrected chi connectivity index (χ2v) is 4.00. The number of methoxy groups -OCH3 is 1. The smallest absolute Gasteiger partial charge is 0.258 e. The number of carbonyl (C=O) groups is 1. The number of ether oxygens (including phenoxy) is 1. The van der Waals surface area contributed by atoms with E-state index in [0.717, 1.165) is 11.4 Å². The summed E-state index contributed by atoms with van der Waals surface area (Å²) in [5.74, 6) is 0.483. The normalized spacial score (nSPS) is 10.0. The van der Waals surface area contributed by atoms with Gasteiger partial charge in [0.1, 0.15) is 5.75 Å². The topological polar surface area (TPSA) is 62.4 Å². The highest BCUT2D eigenvalue weighted by atomic mass is 16.5. The molecule has 0 atom stereocenters. The molecule has 0 fully saturated rings. The zero-order valence-electron chi connectivity index (χ0n) is 10.7. The summed E-state index contributed by atoms with van der Waals surface area (Å²) < 4.78 is 5.06. The highest BCUT2D eigenvalue weighted by Crippen LogP contribution is 2.19. The number of nitrogens with one attached hydrogen (secondary N) is 1. The van der Waals surface area contributed by atoms with Crippen LogP contribution in [-0.4, -0.2) is 25.0 Å². The first-order valence-corrected chi connectivity index (χ1v) is 5.72. The van der Waals surface area contributed by atoms with Crippen molar-refractivity contribution in [2.45, 2.75) is 0 Å². The molecule has 0 aliphatic heterocycles. The minimum Gasteiger partial charge on any atom is -0.497 e. The third kappa shape index (κ3) is 2.82. The summed E-state index contributed by atoms with van der Waals surface area (Å²) in [4.78, 5) is 27.3. The van der Waals surface area contributed by atoms with Gasteiger partial charge in [0, 0.05) is 30.6 Å². The van der Waals surface area contributed by atoms with E-state index in [2.05, 4.69) is 4.98 Å². The molecule has 19 heavy (non-hydrogen) atoms. The molecular weight excluding hydrogens is 244 g/mol. The molecule has 1 aromatic carbocycles. The molecule has 0 saturated carbocycles. The van der Waals surface area contributed by atoms with Crippen molar-refractivity contribution >= 4 is 11.6 Å². The van der Waals surface area contributed by atoms with Gasteiger partial charge in [-0.1, -0.05) is 0 Å². The van der Waals surface area contributed by atoms with Crippen molar-refractivity contribution < 1.29 is 9.53 Å². The number of amides is 1. The molecule has 2 aromatic rings. The average Bonchev–Trinajstić information content (AvgIpc) is 2.46. The van der Waals surface area contributed by atoms with Crippen LogP contribution in [0.25, 0.3) is 0 Å². The van der Waals surface area contributed by atoms with E-state index in [0.29, 0.717) is 5.56 Å². The Hall–Kier alpha value is -2.56. The lowest BCUT2D eigenvalue weighted by molar-refractivity contribution is 0.0993. The van der Waals surface area contributed by atoms with Crippen molar-refractivity contribution in [3.8, 4) is 5.75 Å². The van der Waals surface area contributed by atoms with E-state index < -0.39 is 0 Å². The number of aromatic nitrogens is 1. The van der Waals surface area contributed by atoms with Crippen molar-refractivity contribution in [2.75, 3.05) is 19.1 Å². The Bertz CT molecular complexity index is 632. The number of nitrogens with zero attached hydrogens (tertiary/aromatic N) is 1. The number of benzene rings is 1. The zero-order valence-corrected chi connectivity index (χ0v) is 10.7. The van der Waals surface area contributed by atoms with E-state index in [4.69, 9.17) is 4.74 Å². The van der Waals surface area contributed by atoms with Crippen LogP contribution in [0.2, 0.25) is 0 Å². The van der Waals surface area contributed by atoms with E-state index in [1.54, 1.807) is 44.5 Å². The van der Waals surface area contributed by atoms with Gasteiger partial charge in [0.05, 0.1) is 7.11 Å². The number of aromatic amines is 1. The fourth-order valence-electron chi connectivity index (χ4n) is 1.69. The molecular formula is C14H14N2O3. The number of carbonyl (C=O) groups excluding carboxylic acids is 1. The van der Waals surface area contributed by atoms with E-state index in [-0.39, 0.29) is 11.5 Å². The standard InChI is InChI=1S/C14H14N2O3/c1-16(11-3-5-12(19-2)6-4-11)14(18)10-7-8-15-13(17)9-10/h3-9H,1-2H3,(H,15,17). The van der Waals surface area contributed by atoms with Gasteiger partial charge in [0.25, 0.3) is 5.91 Å². The second kappa shape index (κ2) is 5.39. The third-order valence-corrected chi connectivity index (χ3v) is 2.79. The maximum atomic E-state index is 12.2. The van der Waals surface area contributed by atoms with Gasteiger partial charge in [0.15, 0.2) is 0 Å². The number of hydrogen-bond donors (Lipinski definition) is 1. The van der Waals surface area contributed by atoms with Crippen molar-refractivity contribution in [3.63, 3.8) is 0 Å². The summed E-state index contributed by atoms with van der Waals surface area (Å²) >= 11 is 0. The molecule has 98 valence electrons. The minimum atomic E-state index is -0.297. The number of hydrogen-bond acceptors (Lipinski definition) is 3. The SMILES string of the molecule is COc1ccc(N(C)C(=O)c2cc[nH]c(=O)c2)cc1. The molecule has 2 rings (SSSR count). The minimum absolute atomic E-state index is 0.240. The largest absolute Gasteiger partial charge is 0.497 e. The van der Waals surface area contributed by atoms with Crippen LogP contribution in [0.3, 0.4) is 0 Å². The van der Waals surface area contributed by atoms with Crippen LogP contribution >= 0.6 is 0 Å². The Labute approximate surface area is 110 Å². The van der Waals surface area contributed by atoms with Gasteiger partial charge in [-0.2, -0.15) is 0 Å². The lowest BCUT2D eigenvalue weighted by atomic mass is 10.2. The van der Waals surface area contributed by atoms with Gasteiger partial charge >= 0.3 is 0 Å². The number of pyridine rings is 1. The number of anilines is 1. The quantitative estimate of drug-likeness (QED) is 0.910. The van der Waals surface area contributed by atoms with Crippen molar-refractivity contribution in [3.05, 3.63) is 58.5 Å². The monoisotopic (exact) mass is 258 g/mol. The molecule has 1 amide bonds. The summed E-state index contributed by atoms with van der Waals surface area (Å²) in [5.41, 5.74) is 0.780. The lowest BCUT2D eigenvalue weighted by Crippen LogP contribution is -2.27. The Morgan fingerprint density at radius 1 is 1.21 bits per heavy atom. The fourth-order valence-corrected chi connectivity index (χ4v) is 1.69. The lowest BCUT2D eigenvalue weighted by Gasteiger charge is -2.17. The van der Waals surface area contributed by atoms with Gasteiger partial charge in [-0.05, 0) is 30.3 Å². The molecule has 1 aromatic heterocycles. The first-order chi connectivity index (χ1) is 9.11. The summed E-state index contributed by atoms with van der Waals surface area (Å²) in [6.45, 7) is 0. The molecule has 0 unspecified atom stereocenters. The highest BCUT2D eigenvalue weighted by molar-refractivity contribution is 6.05.